The molecule has 0 unspecified atom stereocenters. The standard InChI is InChI=1S/C16H22N4O2S2/c1-12-11-24-16(17-12)18-14(21)10-20(7-6-19(2)3)15(22)9-13-5-4-8-23-13/h4-5,8,11H,6-7,9-10H2,1-3H3,(H,17,18,21). The van der Waals surface area contributed by atoms with Crippen LogP contribution in [-0.4, -0.2) is 60.3 Å². The molecule has 0 saturated carbocycles. The maximum Gasteiger partial charge on any atom is 0.245 e. The molecular formula is C16H22N4O2S2. The van der Waals surface area contributed by atoms with Gasteiger partial charge in [-0.1, -0.05) is 6.07 Å². The van der Waals surface area contributed by atoms with Crippen LogP contribution in [-0.2, 0) is 16.0 Å². The van der Waals surface area contributed by atoms with E-state index in [2.05, 4.69) is 10.3 Å². The number of thiazole rings is 1. The summed E-state index contributed by atoms with van der Waals surface area (Å²) >= 11 is 2.93. The molecule has 0 atom stereocenters. The van der Waals surface area contributed by atoms with Crippen LogP contribution in [0.15, 0.2) is 22.9 Å². The fourth-order valence-electron chi connectivity index (χ4n) is 2.03. The van der Waals surface area contributed by atoms with Crippen molar-refractivity contribution in [1.82, 2.24) is 14.8 Å². The first kappa shape index (κ1) is 18.6. The van der Waals surface area contributed by atoms with Gasteiger partial charge >= 0.3 is 0 Å². The molecular weight excluding hydrogens is 344 g/mol. The lowest BCUT2D eigenvalue weighted by Crippen LogP contribution is -2.42. The van der Waals surface area contributed by atoms with Gasteiger partial charge in [0.05, 0.1) is 18.7 Å². The molecule has 0 aliphatic heterocycles. The van der Waals surface area contributed by atoms with Crippen molar-refractivity contribution in [2.45, 2.75) is 13.3 Å². The van der Waals surface area contributed by atoms with Crippen LogP contribution in [0.25, 0.3) is 0 Å². The fourth-order valence-corrected chi connectivity index (χ4v) is 3.43. The number of hydrogen-bond acceptors (Lipinski definition) is 6. The summed E-state index contributed by atoms with van der Waals surface area (Å²) in [5, 5.41) is 7.15. The molecule has 0 aliphatic carbocycles. The van der Waals surface area contributed by atoms with Crippen LogP contribution in [0, 0.1) is 6.92 Å². The van der Waals surface area contributed by atoms with Crippen molar-refractivity contribution in [3.05, 3.63) is 33.5 Å². The summed E-state index contributed by atoms with van der Waals surface area (Å²) < 4.78 is 0. The Labute approximate surface area is 150 Å². The molecule has 0 aliphatic rings. The van der Waals surface area contributed by atoms with Crippen molar-refractivity contribution in [2.75, 3.05) is 39.0 Å². The van der Waals surface area contributed by atoms with Gasteiger partial charge in [-0.05, 0) is 32.5 Å². The van der Waals surface area contributed by atoms with E-state index in [1.54, 1.807) is 16.2 Å². The number of amides is 2. The van der Waals surface area contributed by atoms with Gasteiger partial charge in [0.15, 0.2) is 5.13 Å². The van der Waals surface area contributed by atoms with Gasteiger partial charge in [-0.3, -0.25) is 9.59 Å². The molecule has 0 spiro atoms. The van der Waals surface area contributed by atoms with Gasteiger partial charge in [-0.25, -0.2) is 4.98 Å². The third-order valence-corrected chi connectivity index (χ3v) is 5.03. The van der Waals surface area contributed by atoms with Crippen molar-refractivity contribution < 1.29 is 9.59 Å². The van der Waals surface area contributed by atoms with Crippen molar-refractivity contribution in [1.29, 1.82) is 0 Å². The normalized spacial score (nSPS) is 10.8. The Morgan fingerprint density at radius 1 is 1.25 bits per heavy atom. The average molecular weight is 367 g/mol. The number of likely N-dealkylation sites (N-methyl/N-ethyl adjacent to an activating group) is 1. The third kappa shape index (κ3) is 6.03. The highest BCUT2D eigenvalue weighted by atomic mass is 32.1. The summed E-state index contributed by atoms with van der Waals surface area (Å²) in [5.74, 6) is -0.257. The highest BCUT2D eigenvalue weighted by Crippen LogP contribution is 2.14. The highest BCUT2D eigenvalue weighted by Gasteiger charge is 2.18. The number of aromatic nitrogens is 1. The number of thiophene rings is 1. The molecule has 0 fully saturated rings. The predicted octanol–water partition coefficient (Wildman–Crippen LogP) is 2.08. The summed E-state index contributed by atoms with van der Waals surface area (Å²) in [6.45, 7) is 3.14. The lowest BCUT2D eigenvalue weighted by atomic mass is 10.3. The molecule has 1 N–H and O–H groups in total. The van der Waals surface area contributed by atoms with Gasteiger partial charge in [-0.2, -0.15) is 0 Å². The first-order valence-electron chi connectivity index (χ1n) is 7.61. The quantitative estimate of drug-likeness (QED) is 0.777. The Kier molecular flexibility index (Phi) is 6.89. The minimum atomic E-state index is -0.220. The van der Waals surface area contributed by atoms with Crippen molar-refractivity contribution in [3.63, 3.8) is 0 Å². The summed E-state index contributed by atoms with van der Waals surface area (Å²) in [6, 6.07) is 3.86. The number of nitrogens with one attached hydrogen (secondary N) is 1. The minimum Gasteiger partial charge on any atom is -0.332 e. The number of anilines is 1. The molecule has 0 radical (unpaired) electrons. The Bertz CT molecular complexity index is 667. The minimum absolute atomic E-state index is 0.0373. The van der Waals surface area contributed by atoms with Gasteiger partial charge in [-0.15, -0.1) is 22.7 Å². The average Bonchev–Trinajstić information content (AvgIpc) is 3.15. The number of hydrogen-bond donors (Lipinski definition) is 1. The lowest BCUT2D eigenvalue weighted by Gasteiger charge is -2.23. The second-order valence-corrected chi connectivity index (χ2v) is 7.61. The molecule has 2 amide bonds. The van der Waals surface area contributed by atoms with Gasteiger partial charge in [0, 0.05) is 23.3 Å². The first-order chi connectivity index (χ1) is 11.4. The topological polar surface area (TPSA) is 65.5 Å². The molecule has 24 heavy (non-hydrogen) atoms. The van der Waals surface area contributed by atoms with Crippen molar-refractivity contribution in [2.24, 2.45) is 0 Å². The van der Waals surface area contributed by atoms with Crippen LogP contribution in [0.5, 0.6) is 0 Å². The Balaban J connectivity index is 1.96. The summed E-state index contributed by atoms with van der Waals surface area (Å²) in [7, 11) is 3.89. The smallest absolute Gasteiger partial charge is 0.245 e. The summed E-state index contributed by atoms with van der Waals surface area (Å²) in [6.07, 6.45) is 0.328. The van der Waals surface area contributed by atoms with Gasteiger partial charge in [0.2, 0.25) is 11.8 Å². The van der Waals surface area contributed by atoms with E-state index in [0.717, 1.165) is 10.6 Å². The van der Waals surface area contributed by atoms with Crippen LogP contribution in [0.2, 0.25) is 0 Å². The number of aryl methyl sites for hydroxylation is 1. The van der Waals surface area contributed by atoms with Crippen LogP contribution >= 0.6 is 22.7 Å². The van der Waals surface area contributed by atoms with E-state index in [1.165, 1.54) is 11.3 Å². The third-order valence-electron chi connectivity index (χ3n) is 3.28. The van der Waals surface area contributed by atoms with Gasteiger partial charge < -0.3 is 15.1 Å². The van der Waals surface area contributed by atoms with Crippen molar-refractivity contribution in [3.8, 4) is 0 Å². The molecule has 8 heteroatoms. The molecule has 0 bridgehead atoms. The molecule has 6 nitrogen and oxygen atoms in total. The SMILES string of the molecule is Cc1csc(NC(=O)CN(CCN(C)C)C(=O)Cc2cccs2)n1. The molecule has 2 aromatic rings. The number of carbonyl (C=O) groups excluding carboxylic acids is 2. The summed E-state index contributed by atoms with van der Waals surface area (Å²) in [5.41, 5.74) is 0.869. The maximum absolute atomic E-state index is 12.5. The van der Waals surface area contributed by atoms with E-state index in [1.807, 2.05) is 48.8 Å². The summed E-state index contributed by atoms with van der Waals surface area (Å²) in [4.78, 5) is 33.6. The second kappa shape index (κ2) is 8.91. The molecule has 2 aromatic heterocycles. The zero-order chi connectivity index (χ0) is 17.5. The monoisotopic (exact) mass is 366 g/mol. The highest BCUT2D eigenvalue weighted by molar-refractivity contribution is 7.13. The van der Waals surface area contributed by atoms with Gasteiger partial charge in [0.25, 0.3) is 0 Å². The molecule has 130 valence electrons. The van der Waals surface area contributed by atoms with E-state index in [9.17, 15) is 9.59 Å². The molecule has 2 rings (SSSR count). The second-order valence-electron chi connectivity index (χ2n) is 5.72. The maximum atomic E-state index is 12.5. The molecule has 0 saturated heterocycles. The Morgan fingerprint density at radius 3 is 2.62 bits per heavy atom. The Hall–Kier alpha value is -1.77. The van der Waals surface area contributed by atoms with Crippen LogP contribution in [0.4, 0.5) is 5.13 Å². The van der Waals surface area contributed by atoms with Crippen LogP contribution in [0.3, 0.4) is 0 Å². The van der Waals surface area contributed by atoms with Gasteiger partial charge in [0.1, 0.15) is 0 Å². The van der Waals surface area contributed by atoms with Crippen LogP contribution < -0.4 is 5.32 Å². The van der Waals surface area contributed by atoms with E-state index in [0.29, 0.717) is 24.6 Å². The Morgan fingerprint density at radius 2 is 2.04 bits per heavy atom. The van der Waals surface area contributed by atoms with E-state index in [4.69, 9.17) is 0 Å². The lowest BCUT2D eigenvalue weighted by molar-refractivity contribution is -0.134. The predicted molar refractivity (Wildman–Crippen MR) is 98.6 cm³/mol. The van der Waals surface area contributed by atoms with E-state index < -0.39 is 0 Å². The van der Waals surface area contributed by atoms with E-state index >= 15 is 0 Å². The zero-order valence-corrected chi connectivity index (χ0v) is 15.7. The number of rotatable bonds is 8. The molecule has 0 aromatic carbocycles. The van der Waals surface area contributed by atoms with Crippen LogP contribution in [0.1, 0.15) is 10.6 Å². The first-order valence-corrected chi connectivity index (χ1v) is 9.37. The number of nitrogens with zero attached hydrogens (tertiary/aromatic N) is 3. The van der Waals surface area contributed by atoms with Crippen molar-refractivity contribution >= 4 is 39.6 Å². The molecule has 2 heterocycles. The zero-order valence-electron chi connectivity index (χ0n) is 14.1. The van der Waals surface area contributed by atoms with E-state index in [-0.39, 0.29) is 18.4 Å². The fraction of sp³-hybridized carbons (Fsp3) is 0.438. The largest absolute Gasteiger partial charge is 0.332 e. The number of carbonyl (C=O) groups is 2.